The number of aromatic nitrogens is 2. The Hall–Kier alpha value is -3.34. The van der Waals surface area contributed by atoms with Crippen LogP contribution in [0.1, 0.15) is 34.0 Å². The summed E-state index contributed by atoms with van der Waals surface area (Å²) >= 11 is 0. The Kier molecular flexibility index (Phi) is 6.09. The van der Waals surface area contributed by atoms with Gasteiger partial charge in [0.05, 0.1) is 41.2 Å². The third-order valence-electron chi connectivity index (χ3n) is 6.62. The Morgan fingerprint density at radius 1 is 1.19 bits per heavy atom. The lowest BCUT2D eigenvalue weighted by atomic mass is 9.48. The summed E-state index contributed by atoms with van der Waals surface area (Å²) < 4.78 is 40.2. The summed E-state index contributed by atoms with van der Waals surface area (Å²) in [5.41, 5.74) is 1.19. The van der Waals surface area contributed by atoms with Gasteiger partial charge in [0.2, 0.25) is 5.91 Å². The van der Waals surface area contributed by atoms with Gasteiger partial charge in [-0.05, 0) is 47.6 Å². The Morgan fingerprint density at radius 3 is 2.54 bits per heavy atom. The van der Waals surface area contributed by atoms with Crippen molar-refractivity contribution in [1.29, 1.82) is 0 Å². The van der Waals surface area contributed by atoms with E-state index in [1.807, 2.05) is 30.3 Å². The number of hydrogen-bond acceptors (Lipinski definition) is 5. The van der Waals surface area contributed by atoms with E-state index in [1.54, 1.807) is 0 Å². The largest absolute Gasteiger partial charge is 0.338 e. The van der Waals surface area contributed by atoms with Crippen molar-refractivity contribution in [2.75, 3.05) is 11.2 Å². The molecular weight excluding hydrogens is 492 g/mol. The van der Waals surface area contributed by atoms with Gasteiger partial charge in [0, 0.05) is 11.9 Å². The fraction of sp³-hybridized carbons (Fsp3) is 0.292. The topological polar surface area (TPSA) is 101 Å². The van der Waals surface area contributed by atoms with Crippen LogP contribution in [0.2, 0.25) is 0 Å². The second kappa shape index (κ2) is 8.90. The van der Waals surface area contributed by atoms with Crippen LogP contribution in [0.3, 0.4) is 0 Å². The van der Waals surface area contributed by atoms with Gasteiger partial charge in [0.25, 0.3) is 5.91 Å². The van der Waals surface area contributed by atoms with Crippen LogP contribution in [0.15, 0.2) is 59.6 Å². The minimum Gasteiger partial charge on any atom is -0.338 e. The van der Waals surface area contributed by atoms with Crippen molar-refractivity contribution >= 4 is 50.9 Å². The van der Waals surface area contributed by atoms with Crippen LogP contribution < -0.4 is 10.2 Å². The summed E-state index contributed by atoms with van der Waals surface area (Å²) in [6.07, 6.45) is 2.67. The summed E-state index contributed by atoms with van der Waals surface area (Å²) in [7, 11) is 14.3. The molecule has 0 spiro atoms. The number of fused-ring (bicyclic) bond motifs is 3. The van der Waals surface area contributed by atoms with Crippen molar-refractivity contribution in [3.63, 3.8) is 0 Å². The number of carbonyl (C=O) groups is 2. The smallest absolute Gasteiger partial charge is 0.275 e. The summed E-state index contributed by atoms with van der Waals surface area (Å²) in [6.45, 7) is 0.250. The van der Waals surface area contributed by atoms with Crippen LogP contribution in [0, 0.1) is 11.7 Å². The minimum absolute atomic E-state index is 0.0643. The van der Waals surface area contributed by atoms with E-state index in [-0.39, 0.29) is 23.0 Å². The number of rotatable bonds is 6. The molecule has 2 amide bonds. The standard InChI is InChI=1S/C24H20B3FN4O4S/c1-37(35,36)14-7-8-19-16(9-14)15-10-17(15)20(23(34)32(19)24(25,26)27)29-22(33)21-18(28)12-31(30-21)11-13-5-3-2-4-6-13/h2-9,12,15,17,20H,10-11H2,1H3,(H,29,33)/t15-,17-,20-/m0/s1. The average molecular weight is 512 g/mol. The lowest BCUT2D eigenvalue weighted by Gasteiger charge is -2.40. The Bertz CT molecular complexity index is 1510. The fourth-order valence-corrected chi connectivity index (χ4v) is 5.48. The molecule has 1 saturated carbocycles. The lowest BCUT2D eigenvalue weighted by Crippen LogP contribution is -2.60. The Labute approximate surface area is 217 Å². The number of halogens is 1. The van der Waals surface area contributed by atoms with E-state index in [9.17, 15) is 22.4 Å². The third kappa shape index (κ3) is 4.84. The molecule has 0 saturated heterocycles. The first-order valence-corrected chi connectivity index (χ1v) is 13.4. The molecule has 0 unspecified atom stereocenters. The van der Waals surface area contributed by atoms with Gasteiger partial charge < -0.3 is 10.2 Å². The third-order valence-corrected chi connectivity index (χ3v) is 7.73. The van der Waals surface area contributed by atoms with Crippen LogP contribution in [0.4, 0.5) is 10.1 Å². The van der Waals surface area contributed by atoms with Gasteiger partial charge in [-0.2, -0.15) is 5.10 Å². The van der Waals surface area contributed by atoms with Crippen molar-refractivity contribution < 1.29 is 22.4 Å². The summed E-state index contributed by atoms with van der Waals surface area (Å²) in [6, 6.07) is 12.3. The number of amides is 2. The Balaban J connectivity index is 1.45. The second-order valence-corrected chi connectivity index (χ2v) is 11.5. The molecule has 0 bridgehead atoms. The molecule has 1 N–H and O–H groups in total. The Morgan fingerprint density at radius 2 is 1.89 bits per heavy atom. The molecule has 8 nitrogen and oxygen atoms in total. The SMILES string of the molecule is [B]C([B])([B])N1C(=O)[C@@H](NC(=O)c2nn(Cc3ccccc3)cc2F)[C@H]2C[C@H]2c2cc(S(C)(=O)=O)ccc21. The molecule has 1 aliphatic heterocycles. The first-order valence-electron chi connectivity index (χ1n) is 11.5. The zero-order valence-electron chi connectivity index (χ0n) is 19.8. The normalized spacial score (nSPS) is 21.1. The van der Waals surface area contributed by atoms with E-state index in [0.29, 0.717) is 12.0 Å². The van der Waals surface area contributed by atoms with Gasteiger partial charge in [0.15, 0.2) is 21.3 Å². The molecule has 3 aromatic rings. The molecule has 2 heterocycles. The van der Waals surface area contributed by atoms with Crippen molar-refractivity contribution in [2.45, 2.75) is 35.1 Å². The van der Waals surface area contributed by atoms with E-state index in [1.165, 1.54) is 22.9 Å². The van der Waals surface area contributed by atoms with Crippen LogP contribution >= 0.6 is 0 Å². The van der Waals surface area contributed by atoms with Crippen LogP contribution in [0.25, 0.3) is 0 Å². The molecule has 13 heteroatoms. The zero-order valence-corrected chi connectivity index (χ0v) is 20.7. The molecule has 1 aromatic heterocycles. The van der Waals surface area contributed by atoms with Gasteiger partial charge in [-0.25, -0.2) is 12.8 Å². The van der Waals surface area contributed by atoms with Crippen LogP contribution in [-0.4, -0.2) is 71.1 Å². The molecule has 1 fully saturated rings. The average Bonchev–Trinajstić information content (AvgIpc) is 3.52. The van der Waals surface area contributed by atoms with Crippen molar-refractivity contribution in [1.82, 2.24) is 15.1 Å². The monoisotopic (exact) mass is 512 g/mol. The maximum absolute atomic E-state index is 14.7. The summed E-state index contributed by atoms with van der Waals surface area (Å²) in [4.78, 5) is 27.7. The highest BCUT2D eigenvalue weighted by Crippen LogP contribution is 2.55. The minimum atomic E-state index is -3.53. The molecular formula is C24H20B3FN4O4S. The molecule has 182 valence electrons. The summed E-state index contributed by atoms with van der Waals surface area (Å²) in [5, 5.41) is 4.50. The number of carbonyl (C=O) groups excluding carboxylic acids is 2. The van der Waals surface area contributed by atoms with E-state index in [2.05, 4.69) is 10.4 Å². The van der Waals surface area contributed by atoms with Gasteiger partial charge in [-0.15, -0.1) is 0 Å². The van der Waals surface area contributed by atoms with E-state index in [4.69, 9.17) is 23.5 Å². The van der Waals surface area contributed by atoms with Gasteiger partial charge in [0.1, 0.15) is 6.04 Å². The quantitative estimate of drug-likeness (QED) is 0.494. The first-order chi connectivity index (χ1) is 17.3. The fourth-order valence-electron chi connectivity index (χ4n) is 4.83. The number of nitrogens with zero attached hydrogens (tertiary/aromatic N) is 3. The van der Waals surface area contributed by atoms with Crippen molar-refractivity contribution in [3.05, 3.63) is 77.4 Å². The highest BCUT2D eigenvalue weighted by Gasteiger charge is 2.54. The number of sulfone groups is 1. The number of nitrogens with one attached hydrogen (secondary N) is 1. The molecule has 37 heavy (non-hydrogen) atoms. The number of anilines is 1. The molecule has 2 aliphatic rings. The maximum Gasteiger partial charge on any atom is 0.275 e. The second-order valence-electron chi connectivity index (χ2n) is 9.52. The maximum atomic E-state index is 14.7. The highest BCUT2D eigenvalue weighted by molar-refractivity contribution is 7.90. The van der Waals surface area contributed by atoms with Gasteiger partial charge in [-0.1, -0.05) is 35.6 Å². The number of hydrogen-bond donors (Lipinski definition) is 1. The number of benzene rings is 2. The summed E-state index contributed by atoms with van der Waals surface area (Å²) in [5.74, 6) is -3.08. The lowest BCUT2D eigenvalue weighted by molar-refractivity contribution is -0.120. The predicted octanol–water partition coefficient (Wildman–Crippen LogP) is 0.840. The molecule has 1 aliphatic carbocycles. The van der Waals surface area contributed by atoms with E-state index >= 15 is 0 Å². The molecule has 3 atom stereocenters. The predicted molar refractivity (Wildman–Crippen MR) is 137 cm³/mol. The molecule has 5 rings (SSSR count). The van der Waals surface area contributed by atoms with E-state index in [0.717, 1.165) is 22.9 Å². The molecule has 6 radical (unpaired) electrons. The van der Waals surface area contributed by atoms with Crippen LogP contribution in [-0.2, 0) is 21.2 Å². The van der Waals surface area contributed by atoms with Gasteiger partial charge in [-0.3, -0.25) is 14.3 Å². The first kappa shape index (κ1) is 25.3. The van der Waals surface area contributed by atoms with Gasteiger partial charge >= 0.3 is 0 Å². The van der Waals surface area contributed by atoms with Crippen LogP contribution in [0.5, 0.6) is 0 Å². The van der Waals surface area contributed by atoms with E-state index < -0.39 is 50.4 Å². The van der Waals surface area contributed by atoms with Crippen molar-refractivity contribution in [3.8, 4) is 0 Å². The van der Waals surface area contributed by atoms with Crippen molar-refractivity contribution in [2.24, 2.45) is 5.92 Å². The highest BCUT2D eigenvalue weighted by atomic mass is 32.2. The zero-order chi connectivity index (χ0) is 26.7. The molecule has 2 aromatic carbocycles.